The number of carbonyl (C=O) groups excluding carboxylic acids is 1. The Labute approximate surface area is 125 Å². The van der Waals surface area contributed by atoms with Crippen LogP contribution in [0.2, 0.25) is 0 Å². The summed E-state index contributed by atoms with van der Waals surface area (Å²) in [5.41, 5.74) is 0.524. The lowest BCUT2D eigenvalue weighted by molar-refractivity contribution is 0.0949. The molecule has 0 aliphatic carbocycles. The second-order valence-electron chi connectivity index (χ2n) is 4.12. The van der Waals surface area contributed by atoms with E-state index < -0.39 is 0 Å². The fraction of sp³-hybridized carbons (Fsp3) is 0.308. The minimum absolute atomic E-state index is 0.145. The van der Waals surface area contributed by atoms with E-state index in [0.29, 0.717) is 17.9 Å². The van der Waals surface area contributed by atoms with Crippen molar-refractivity contribution < 1.29 is 9.53 Å². The van der Waals surface area contributed by atoms with Gasteiger partial charge in [0.05, 0.1) is 18.9 Å². The lowest BCUT2D eigenvalue weighted by atomic mass is 10.2. The van der Waals surface area contributed by atoms with Crippen LogP contribution in [0.3, 0.4) is 0 Å². The SMILES string of the molecule is COc1cc(Br)ccc1C(=O)NCCCn1ccnn1. The third kappa shape index (κ3) is 3.80. The van der Waals surface area contributed by atoms with Crippen molar-refractivity contribution in [3.63, 3.8) is 0 Å². The van der Waals surface area contributed by atoms with Crippen LogP contribution < -0.4 is 10.1 Å². The van der Waals surface area contributed by atoms with Crippen molar-refractivity contribution in [2.24, 2.45) is 0 Å². The maximum Gasteiger partial charge on any atom is 0.255 e. The van der Waals surface area contributed by atoms with Gasteiger partial charge in [-0.2, -0.15) is 0 Å². The van der Waals surface area contributed by atoms with E-state index in [2.05, 4.69) is 31.6 Å². The van der Waals surface area contributed by atoms with E-state index in [9.17, 15) is 4.79 Å². The maximum atomic E-state index is 12.1. The summed E-state index contributed by atoms with van der Waals surface area (Å²) in [5, 5.41) is 10.4. The summed E-state index contributed by atoms with van der Waals surface area (Å²) in [6.07, 6.45) is 4.21. The molecule has 20 heavy (non-hydrogen) atoms. The second-order valence-corrected chi connectivity index (χ2v) is 5.04. The van der Waals surface area contributed by atoms with E-state index in [4.69, 9.17) is 4.74 Å². The largest absolute Gasteiger partial charge is 0.496 e. The lowest BCUT2D eigenvalue weighted by Gasteiger charge is -2.09. The van der Waals surface area contributed by atoms with Gasteiger partial charge >= 0.3 is 0 Å². The first kappa shape index (κ1) is 14.5. The summed E-state index contributed by atoms with van der Waals surface area (Å²) in [5.74, 6) is 0.404. The molecule has 0 aliphatic heterocycles. The Kier molecular flexibility index (Phi) is 5.11. The van der Waals surface area contributed by atoms with Crippen molar-refractivity contribution in [1.82, 2.24) is 20.3 Å². The Morgan fingerprint density at radius 3 is 3.05 bits per heavy atom. The first-order chi connectivity index (χ1) is 9.70. The number of hydrogen-bond donors (Lipinski definition) is 1. The summed E-state index contributed by atoms with van der Waals surface area (Å²) in [6.45, 7) is 1.29. The summed E-state index contributed by atoms with van der Waals surface area (Å²) in [6, 6.07) is 5.31. The normalized spacial score (nSPS) is 10.3. The molecule has 1 amide bonds. The quantitative estimate of drug-likeness (QED) is 0.816. The molecule has 0 spiro atoms. The fourth-order valence-corrected chi connectivity index (χ4v) is 2.08. The number of aromatic nitrogens is 3. The molecule has 2 aromatic rings. The van der Waals surface area contributed by atoms with Crippen LogP contribution in [0.5, 0.6) is 5.75 Å². The number of aryl methyl sites for hydroxylation is 1. The molecule has 106 valence electrons. The number of methoxy groups -OCH3 is 1. The van der Waals surface area contributed by atoms with Crippen LogP contribution >= 0.6 is 15.9 Å². The van der Waals surface area contributed by atoms with Gasteiger partial charge in [-0.25, -0.2) is 0 Å². The van der Waals surface area contributed by atoms with E-state index >= 15 is 0 Å². The Hall–Kier alpha value is -1.89. The molecule has 0 atom stereocenters. The van der Waals surface area contributed by atoms with Gasteiger partial charge in [-0.1, -0.05) is 21.1 Å². The van der Waals surface area contributed by atoms with Crippen molar-refractivity contribution in [1.29, 1.82) is 0 Å². The molecular formula is C13H15BrN4O2. The van der Waals surface area contributed by atoms with Crippen LogP contribution in [0, 0.1) is 0 Å². The van der Waals surface area contributed by atoms with E-state index in [0.717, 1.165) is 17.4 Å². The van der Waals surface area contributed by atoms with Gasteiger partial charge in [0.2, 0.25) is 0 Å². The molecule has 6 nitrogen and oxygen atoms in total. The number of ether oxygens (including phenoxy) is 1. The molecule has 1 aromatic heterocycles. The van der Waals surface area contributed by atoms with Gasteiger partial charge in [0.15, 0.2) is 0 Å². The Morgan fingerprint density at radius 2 is 2.35 bits per heavy atom. The minimum atomic E-state index is -0.145. The van der Waals surface area contributed by atoms with Gasteiger partial charge in [0.25, 0.3) is 5.91 Å². The molecule has 2 rings (SSSR count). The van der Waals surface area contributed by atoms with E-state index in [1.165, 1.54) is 0 Å². The molecule has 0 bridgehead atoms. The zero-order chi connectivity index (χ0) is 14.4. The number of nitrogens with one attached hydrogen (secondary N) is 1. The van der Waals surface area contributed by atoms with Gasteiger partial charge in [0, 0.05) is 23.8 Å². The van der Waals surface area contributed by atoms with Gasteiger partial charge < -0.3 is 10.1 Å². The average molecular weight is 339 g/mol. The third-order valence-electron chi connectivity index (χ3n) is 2.73. The first-order valence-electron chi connectivity index (χ1n) is 6.16. The standard InChI is InChI=1S/C13H15BrN4O2/c1-20-12-9-10(14)3-4-11(12)13(19)15-5-2-7-18-8-6-16-17-18/h3-4,6,8-9H,2,5,7H2,1H3,(H,15,19). The van der Waals surface area contributed by atoms with Crippen molar-refractivity contribution >= 4 is 21.8 Å². The number of halogens is 1. The van der Waals surface area contributed by atoms with Crippen molar-refractivity contribution in [2.45, 2.75) is 13.0 Å². The zero-order valence-corrected chi connectivity index (χ0v) is 12.6. The highest BCUT2D eigenvalue weighted by atomic mass is 79.9. The highest BCUT2D eigenvalue weighted by Crippen LogP contribution is 2.23. The lowest BCUT2D eigenvalue weighted by Crippen LogP contribution is -2.25. The predicted molar refractivity (Wildman–Crippen MR) is 77.7 cm³/mol. The van der Waals surface area contributed by atoms with Gasteiger partial charge in [0.1, 0.15) is 5.75 Å². The smallest absolute Gasteiger partial charge is 0.255 e. The molecule has 7 heteroatoms. The third-order valence-corrected chi connectivity index (χ3v) is 3.22. The summed E-state index contributed by atoms with van der Waals surface area (Å²) < 4.78 is 7.80. The number of benzene rings is 1. The van der Waals surface area contributed by atoms with Crippen LogP contribution in [0.4, 0.5) is 0 Å². The summed E-state index contributed by atoms with van der Waals surface area (Å²) in [7, 11) is 1.54. The van der Waals surface area contributed by atoms with Crippen LogP contribution in [-0.4, -0.2) is 34.6 Å². The van der Waals surface area contributed by atoms with E-state index in [1.54, 1.807) is 36.3 Å². The molecule has 0 aliphatic rings. The van der Waals surface area contributed by atoms with Crippen LogP contribution in [0.15, 0.2) is 35.1 Å². The maximum absolute atomic E-state index is 12.1. The highest BCUT2D eigenvalue weighted by Gasteiger charge is 2.11. The molecule has 1 heterocycles. The number of carbonyl (C=O) groups is 1. The molecular weight excluding hydrogens is 324 g/mol. The molecule has 0 fully saturated rings. The number of rotatable bonds is 6. The van der Waals surface area contributed by atoms with Gasteiger partial charge in [-0.15, -0.1) is 5.10 Å². The molecule has 1 aromatic carbocycles. The minimum Gasteiger partial charge on any atom is -0.496 e. The summed E-state index contributed by atoms with van der Waals surface area (Å²) >= 11 is 3.34. The van der Waals surface area contributed by atoms with Crippen LogP contribution in [-0.2, 0) is 6.54 Å². The average Bonchev–Trinajstić information content (AvgIpc) is 2.96. The van der Waals surface area contributed by atoms with Crippen molar-refractivity contribution in [2.75, 3.05) is 13.7 Å². The second kappa shape index (κ2) is 7.04. The van der Waals surface area contributed by atoms with Crippen molar-refractivity contribution in [3.8, 4) is 5.75 Å². The van der Waals surface area contributed by atoms with Crippen molar-refractivity contribution in [3.05, 3.63) is 40.6 Å². The topological polar surface area (TPSA) is 69.0 Å². The van der Waals surface area contributed by atoms with E-state index in [-0.39, 0.29) is 5.91 Å². The van der Waals surface area contributed by atoms with Gasteiger partial charge in [-0.3, -0.25) is 9.48 Å². The first-order valence-corrected chi connectivity index (χ1v) is 6.96. The molecule has 1 N–H and O–H groups in total. The Balaban J connectivity index is 1.85. The monoisotopic (exact) mass is 338 g/mol. The van der Waals surface area contributed by atoms with E-state index in [1.807, 2.05) is 6.07 Å². The fourth-order valence-electron chi connectivity index (χ4n) is 1.74. The van der Waals surface area contributed by atoms with Crippen LogP contribution in [0.1, 0.15) is 16.8 Å². The molecule has 0 radical (unpaired) electrons. The van der Waals surface area contributed by atoms with Gasteiger partial charge in [-0.05, 0) is 24.6 Å². The zero-order valence-electron chi connectivity index (χ0n) is 11.0. The summed E-state index contributed by atoms with van der Waals surface area (Å²) in [4.78, 5) is 12.1. The molecule has 0 saturated carbocycles. The Morgan fingerprint density at radius 1 is 1.50 bits per heavy atom. The number of nitrogens with zero attached hydrogens (tertiary/aromatic N) is 3. The molecule has 0 unspecified atom stereocenters. The predicted octanol–water partition coefficient (Wildman–Crippen LogP) is 1.87. The number of hydrogen-bond acceptors (Lipinski definition) is 4. The Bertz CT molecular complexity index is 572. The highest BCUT2D eigenvalue weighted by molar-refractivity contribution is 9.10. The molecule has 0 saturated heterocycles. The van der Waals surface area contributed by atoms with Crippen LogP contribution in [0.25, 0.3) is 0 Å². The number of amides is 1.